The predicted molar refractivity (Wildman–Crippen MR) is 81.3 cm³/mol. The van der Waals surface area contributed by atoms with Gasteiger partial charge in [-0.05, 0) is 12.1 Å². The molecule has 1 aliphatic heterocycles. The summed E-state index contributed by atoms with van der Waals surface area (Å²) in [6, 6.07) is 7.88. The van der Waals surface area contributed by atoms with Crippen molar-refractivity contribution < 1.29 is 4.74 Å². The predicted octanol–water partition coefficient (Wildman–Crippen LogP) is 1.98. The van der Waals surface area contributed by atoms with E-state index in [9.17, 15) is 5.26 Å². The quantitative estimate of drug-likeness (QED) is 0.811. The second-order valence-corrected chi connectivity index (χ2v) is 5.32. The van der Waals surface area contributed by atoms with Crippen molar-refractivity contribution in [2.45, 2.75) is 12.4 Å². The molecule has 1 aliphatic rings. The second kappa shape index (κ2) is 6.44. The number of nitrogens with zero attached hydrogens (tertiary/aromatic N) is 4. The molecular formula is C15H17ClN4O. The SMILES string of the molecule is N#Cc1cccc2c1nc(CCl)n2CCN1CCOCC1. The first-order chi connectivity index (χ1) is 10.3. The van der Waals surface area contributed by atoms with Gasteiger partial charge >= 0.3 is 0 Å². The number of hydrogen-bond acceptors (Lipinski definition) is 4. The normalized spacial score (nSPS) is 16.2. The maximum absolute atomic E-state index is 9.19. The van der Waals surface area contributed by atoms with Gasteiger partial charge in [0.05, 0.1) is 30.2 Å². The molecule has 3 rings (SSSR count). The summed E-state index contributed by atoms with van der Waals surface area (Å²) in [5.74, 6) is 1.17. The Morgan fingerprint density at radius 2 is 2.10 bits per heavy atom. The van der Waals surface area contributed by atoms with Gasteiger partial charge in [0.15, 0.2) is 0 Å². The fourth-order valence-corrected chi connectivity index (χ4v) is 2.91. The Morgan fingerprint density at radius 3 is 2.81 bits per heavy atom. The molecule has 2 heterocycles. The van der Waals surface area contributed by atoms with E-state index in [1.807, 2.05) is 12.1 Å². The van der Waals surface area contributed by atoms with Gasteiger partial charge in [-0.25, -0.2) is 4.98 Å². The Hall–Kier alpha value is -1.61. The number of hydrogen-bond donors (Lipinski definition) is 0. The lowest BCUT2D eigenvalue weighted by atomic mass is 10.2. The fourth-order valence-electron chi connectivity index (χ4n) is 2.70. The van der Waals surface area contributed by atoms with E-state index in [1.54, 1.807) is 6.07 Å². The monoisotopic (exact) mass is 304 g/mol. The Bertz CT molecular complexity index is 670. The van der Waals surface area contributed by atoms with Crippen LogP contribution in [0.1, 0.15) is 11.4 Å². The number of ether oxygens (including phenoxy) is 1. The summed E-state index contributed by atoms with van der Waals surface area (Å²) >= 11 is 6.02. The van der Waals surface area contributed by atoms with Gasteiger partial charge in [0, 0.05) is 26.2 Å². The molecule has 0 bridgehead atoms. The molecule has 0 unspecified atom stereocenters. The number of imidazole rings is 1. The van der Waals surface area contributed by atoms with Crippen LogP contribution in [0, 0.1) is 11.3 Å². The largest absolute Gasteiger partial charge is 0.379 e. The maximum atomic E-state index is 9.19. The van der Waals surface area contributed by atoms with Crippen LogP contribution in [-0.4, -0.2) is 47.3 Å². The zero-order chi connectivity index (χ0) is 14.7. The second-order valence-electron chi connectivity index (χ2n) is 5.05. The van der Waals surface area contributed by atoms with Crippen LogP contribution in [0.4, 0.5) is 0 Å². The van der Waals surface area contributed by atoms with Crippen LogP contribution in [0.25, 0.3) is 11.0 Å². The molecule has 0 spiro atoms. The van der Waals surface area contributed by atoms with Crippen molar-refractivity contribution in [3.05, 3.63) is 29.6 Å². The average Bonchev–Trinajstić information content (AvgIpc) is 2.91. The zero-order valence-electron chi connectivity index (χ0n) is 11.8. The van der Waals surface area contributed by atoms with Gasteiger partial charge < -0.3 is 9.30 Å². The van der Waals surface area contributed by atoms with Crippen LogP contribution in [0.3, 0.4) is 0 Å². The molecule has 0 atom stereocenters. The summed E-state index contributed by atoms with van der Waals surface area (Å²) in [4.78, 5) is 6.91. The van der Waals surface area contributed by atoms with Gasteiger partial charge in [-0.1, -0.05) is 6.07 Å². The van der Waals surface area contributed by atoms with Gasteiger partial charge in [-0.3, -0.25) is 4.90 Å². The minimum atomic E-state index is 0.350. The topological polar surface area (TPSA) is 54.1 Å². The highest BCUT2D eigenvalue weighted by atomic mass is 35.5. The smallest absolute Gasteiger partial charge is 0.124 e. The van der Waals surface area contributed by atoms with Crippen LogP contribution < -0.4 is 0 Å². The van der Waals surface area contributed by atoms with Gasteiger partial charge in [0.2, 0.25) is 0 Å². The van der Waals surface area contributed by atoms with Crippen LogP contribution >= 0.6 is 11.6 Å². The summed E-state index contributed by atoms with van der Waals surface area (Å²) in [6.07, 6.45) is 0. The number of alkyl halides is 1. The first kappa shape index (κ1) is 14.3. The van der Waals surface area contributed by atoms with Gasteiger partial charge in [-0.2, -0.15) is 5.26 Å². The standard InChI is InChI=1S/C15H17ClN4O/c16-10-14-18-15-12(11-17)2-1-3-13(15)20(14)5-4-19-6-8-21-9-7-19/h1-3H,4-10H2. The average molecular weight is 305 g/mol. The van der Waals surface area contributed by atoms with Crippen LogP contribution in [-0.2, 0) is 17.2 Å². The highest BCUT2D eigenvalue weighted by Crippen LogP contribution is 2.21. The van der Waals surface area contributed by atoms with Gasteiger partial charge in [-0.15, -0.1) is 11.6 Å². The first-order valence-corrected chi connectivity index (χ1v) is 7.61. The van der Waals surface area contributed by atoms with Crippen molar-refractivity contribution in [1.82, 2.24) is 14.5 Å². The number of aromatic nitrogens is 2. The third-order valence-corrected chi connectivity index (χ3v) is 4.08. The Balaban J connectivity index is 1.88. The molecule has 1 aromatic heterocycles. The molecule has 6 heteroatoms. The molecule has 1 saturated heterocycles. The van der Waals surface area contributed by atoms with E-state index in [4.69, 9.17) is 16.3 Å². The zero-order valence-corrected chi connectivity index (χ0v) is 12.5. The Labute approximate surface area is 128 Å². The van der Waals surface area contributed by atoms with Crippen LogP contribution in [0.2, 0.25) is 0 Å². The molecular weight excluding hydrogens is 288 g/mol. The van der Waals surface area contributed by atoms with E-state index < -0.39 is 0 Å². The van der Waals surface area contributed by atoms with Crippen molar-refractivity contribution in [3.8, 4) is 6.07 Å². The molecule has 110 valence electrons. The molecule has 0 amide bonds. The number of fused-ring (bicyclic) bond motifs is 1. The number of nitriles is 1. The highest BCUT2D eigenvalue weighted by molar-refractivity contribution is 6.16. The summed E-state index contributed by atoms with van der Waals surface area (Å²) in [6.45, 7) is 5.29. The van der Waals surface area contributed by atoms with Gasteiger partial charge in [0.25, 0.3) is 0 Å². The lowest BCUT2D eigenvalue weighted by molar-refractivity contribution is 0.0364. The maximum Gasteiger partial charge on any atom is 0.124 e. The van der Waals surface area contributed by atoms with Crippen LogP contribution in [0.15, 0.2) is 18.2 Å². The third kappa shape index (κ3) is 2.88. The van der Waals surface area contributed by atoms with E-state index in [0.29, 0.717) is 11.4 Å². The van der Waals surface area contributed by atoms with Crippen molar-refractivity contribution >= 4 is 22.6 Å². The number of para-hydroxylation sites is 1. The third-order valence-electron chi connectivity index (χ3n) is 3.84. The minimum Gasteiger partial charge on any atom is -0.379 e. The van der Waals surface area contributed by atoms with E-state index >= 15 is 0 Å². The summed E-state index contributed by atoms with van der Waals surface area (Å²) < 4.78 is 7.49. The molecule has 5 nitrogen and oxygen atoms in total. The minimum absolute atomic E-state index is 0.350. The number of rotatable bonds is 4. The Morgan fingerprint density at radius 1 is 1.29 bits per heavy atom. The fraction of sp³-hybridized carbons (Fsp3) is 0.467. The van der Waals surface area contributed by atoms with E-state index in [0.717, 1.165) is 56.3 Å². The highest BCUT2D eigenvalue weighted by Gasteiger charge is 2.15. The summed E-state index contributed by atoms with van der Waals surface area (Å²) in [7, 11) is 0. The molecule has 2 aromatic rings. The Kier molecular flexibility index (Phi) is 4.39. The van der Waals surface area contributed by atoms with Gasteiger partial charge in [0.1, 0.15) is 17.4 Å². The van der Waals surface area contributed by atoms with E-state index in [2.05, 4.69) is 20.5 Å². The van der Waals surface area contributed by atoms with Crippen molar-refractivity contribution in [1.29, 1.82) is 5.26 Å². The molecule has 0 N–H and O–H groups in total. The molecule has 1 fully saturated rings. The number of halogens is 1. The summed E-state index contributed by atoms with van der Waals surface area (Å²) in [5, 5.41) is 9.19. The molecule has 1 aromatic carbocycles. The lowest BCUT2D eigenvalue weighted by Crippen LogP contribution is -2.38. The van der Waals surface area contributed by atoms with Crippen LogP contribution in [0.5, 0.6) is 0 Å². The molecule has 0 radical (unpaired) electrons. The first-order valence-electron chi connectivity index (χ1n) is 7.08. The molecule has 0 saturated carbocycles. The number of benzene rings is 1. The van der Waals surface area contributed by atoms with E-state index in [-0.39, 0.29) is 0 Å². The molecule has 21 heavy (non-hydrogen) atoms. The number of morpholine rings is 1. The van der Waals surface area contributed by atoms with Crippen molar-refractivity contribution in [3.63, 3.8) is 0 Å². The van der Waals surface area contributed by atoms with Crippen molar-refractivity contribution in [2.75, 3.05) is 32.8 Å². The summed E-state index contributed by atoms with van der Waals surface area (Å²) in [5.41, 5.74) is 2.33. The lowest BCUT2D eigenvalue weighted by Gasteiger charge is -2.26. The van der Waals surface area contributed by atoms with E-state index in [1.165, 1.54) is 0 Å². The molecule has 0 aliphatic carbocycles. The van der Waals surface area contributed by atoms with Crippen molar-refractivity contribution in [2.24, 2.45) is 0 Å².